The zero-order valence-corrected chi connectivity index (χ0v) is 13.2. The summed E-state index contributed by atoms with van der Waals surface area (Å²) in [5, 5.41) is 10.0. The lowest BCUT2D eigenvalue weighted by atomic mass is 9.84. The lowest BCUT2D eigenvalue weighted by Crippen LogP contribution is -2.47. The van der Waals surface area contributed by atoms with Crippen molar-refractivity contribution in [2.75, 3.05) is 13.2 Å². The largest absolute Gasteiger partial charge is 0.493 e. The van der Waals surface area contributed by atoms with Crippen molar-refractivity contribution in [3.63, 3.8) is 0 Å². The molecule has 1 aliphatic carbocycles. The number of ether oxygens (including phenoxy) is 2. The highest BCUT2D eigenvalue weighted by atomic mass is 16.5. The lowest BCUT2D eigenvalue weighted by Gasteiger charge is -2.31. The Bertz CT molecular complexity index is 434. The molecule has 1 saturated carbocycles. The second-order valence-corrected chi connectivity index (χ2v) is 7.00. The van der Waals surface area contributed by atoms with Crippen LogP contribution < -0.4 is 15.2 Å². The molecule has 0 heterocycles. The number of benzene rings is 1. The van der Waals surface area contributed by atoms with Gasteiger partial charge in [0.2, 0.25) is 0 Å². The first-order valence-corrected chi connectivity index (χ1v) is 7.65. The molecule has 0 aromatic heterocycles. The number of aliphatic hydroxyl groups is 1. The monoisotopic (exact) mass is 293 g/mol. The van der Waals surface area contributed by atoms with E-state index in [0.717, 1.165) is 18.3 Å². The first-order chi connectivity index (χ1) is 9.86. The molecule has 0 spiro atoms. The highest BCUT2D eigenvalue weighted by molar-refractivity contribution is 5.31. The maximum absolute atomic E-state index is 10.0. The average Bonchev–Trinajstić information content (AvgIpc) is 3.26. The summed E-state index contributed by atoms with van der Waals surface area (Å²) in [6.07, 6.45) is 1.89. The van der Waals surface area contributed by atoms with E-state index in [-0.39, 0.29) is 18.1 Å². The molecule has 0 bridgehead atoms. The Morgan fingerprint density at radius 2 is 1.67 bits per heavy atom. The van der Waals surface area contributed by atoms with Crippen molar-refractivity contribution in [1.82, 2.24) is 0 Å². The molecule has 21 heavy (non-hydrogen) atoms. The molecule has 2 rings (SSSR count). The Hall–Kier alpha value is -1.26. The van der Waals surface area contributed by atoms with Crippen LogP contribution in [0, 0.1) is 11.3 Å². The van der Waals surface area contributed by atoms with Gasteiger partial charge in [0.1, 0.15) is 24.2 Å². The Labute approximate surface area is 127 Å². The van der Waals surface area contributed by atoms with Crippen LogP contribution in [-0.2, 0) is 0 Å². The van der Waals surface area contributed by atoms with E-state index in [2.05, 4.69) is 0 Å². The number of hydrogen-bond donors (Lipinski definition) is 2. The van der Waals surface area contributed by atoms with Gasteiger partial charge in [-0.2, -0.15) is 0 Å². The highest BCUT2D eigenvalue weighted by Crippen LogP contribution is 2.30. The molecular formula is C17H27NO3. The molecular weight excluding hydrogens is 266 g/mol. The van der Waals surface area contributed by atoms with Gasteiger partial charge in [-0.25, -0.2) is 0 Å². The normalized spacial score (nSPS) is 18.1. The third-order valence-electron chi connectivity index (χ3n) is 3.84. The van der Waals surface area contributed by atoms with Crippen LogP contribution in [0.3, 0.4) is 0 Å². The molecule has 1 fully saturated rings. The predicted molar refractivity (Wildman–Crippen MR) is 83.6 cm³/mol. The Kier molecular flexibility index (Phi) is 5.12. The van der Waals surface area contributed by atoms with Crippen LogP contribution in [0.25, 0.3) is 0 Å². The van der Waals surface area contributed by atoms with E-state index >= 15 is 0 Å². The van der Waals surface area contributed by atoms with Crippen molar-refractivity contribution < 1.29 is 14.6 Å². The van der Waals surface area contributed by atoms with E-state index in [9.17, 15) is 5.11 Å². The molecule has 1 aliphatic rings. The first kappa shape index (κ1) is 16.1. The van der Waals surface area contributed by atoms with Crippen LogP contribution in [-0.4, -0.2) is 30.5 Å². The molecule has 1 aromatic rings. The van der Waals surface area contributed by atoms with Crippen LogP contribution in [0.1, 0.15) is 33.6 Å². The van der Waals surface area contributed by atoms with Gasteiger partial charge in [0.15, 0.2) is 0 Å². The zero-order chi connectivity index (χ0) is 15.5. The van der Waals surface area contributed by atoms with Crippen LogP contribution in [0.15, 0.2) is 24.3 Å². The third-order valence-corrected chi connectivity index (χ3v) is 3.84. The maximum Gasteiger partial charge on any atom is 0.119 e. The predicted octanol–water partition coefficient (Wildman–Crippen LogP) is 2.59. The van der Waals surface area contributed by atoms with Gasteiger partial charge in [-0.3, -0.25) is 0 Å². The maximum atomic E-state index is 10.0. The molecule has 4 nitrogen and oxygen atoms in total. The molecule has 3 N–H and O–H groups in total. The number of aliphatic hydroxyl groups excluding tert-OH is 1. The summed E-state index contributed by atoms with van der Waals surface area (Å²) in [6, 6.07) is 7.19. The van der Waals surface area contributed by atoms with Crippen LogP contribution in [0.2, 0.25) is 0 Å². The second-order valence-electron chi connectivity index (χ2n) is 7.00. The fraction of sp³-hybridized carbons (Fsp3) is 0.647. The minimum Gasteiger partial charge on any atom is -0.493 e. The van der Waals surface area contributed by atoms with Crippen molar-refractivity contribution in [2.24, 2.45) is 17.1 Å². The van der Waals surface area contributed by atoms with Gasteiger partial charge in [0.05, 0.1) is 6.61 Å². The standard InChI is InChI=1S/C17H27NO3/c1-17(2,3)16(18)15(19)11-21-14-8-6-13(7-9-14)20-10-12-4-5-12/h6-9,12,15-16,19H,4-5,10-11,18H2,1-3H3. The smallest absolute Gasteiger partial charge is 0.119 e. The van der Waals surface area contributed by atoms with Crippen molar-refractivity contribution in [3.05, 3.63) is 24.3 Å². The molecule has 2 atom stereocenters. The summed E-state index contributed by atoms with van der Waals surface area (Å²) in [5.41, 5.74) is 5.86. The molecule has 118 valence electrons. The minimum absolute atomic E-state index is 0.150. The van der Waals surface area contributed by atoms with Gasteiger partial charge in [-0.1, -0.05) is 20.8 Å². The molecule has 0 saturated heterocycles. The van der Waals surface area contributed by atoms with Crippen molar-refractivity contribution in [3.8, 4) is 11.5 Å². The minimum atomic E-state index is -0.684. The fourth-order valence-electron chi connectivity index (χ4n) is 1.99. The summed E-state index contributed by atoms with van der Waals surface area (Å²) in [5.74, 6) is 2.32. The summed E-state index contributed by atoms with van der Waals surface area (Å²) < 4.78 is 11.3. The molecule has 0 aliphatic heterocycles. The first-order valence-electron chi connectivity index (χ1n) is 7.65. The average molecular weight is 293 g/mol. The van der Waals surface area contributed by atoms with Crippen LogP contribution in [0.5, 0.6) is 11.5 Å². The van der Waals surface area contributed by atoms with E-state index in [0.29, 0.717) is 5.75 Å². The zero-order valence-electron chi connectivity index (χ0n) is 13.2. The Morgan fingerprint density at radius 3 is 2.14 bits per heavy atom. The van der Waals surface area contributed by atoms with Gasteiger partial charge in [0, 0.05) is 6.04 Å². The quantitative estimate of drug-likeness (QED) is 0.811. The highest BCUT2D eigenvalue weighted by Gasteiger charge is 2.28. The summed E-state index contributed by atoms with van der Waals surface area (Å²) in [4.78, 5) is 0. The number of hydrogen-bond acceptors (Lipinski definition) is 4. The summed E-state index contributed by atoms with van der Waals surface area (Å²) in [7, 11) is 0. The van der Waals surface area contributed by atoms with Crippen LogP contribution in [0.4, 0.5) is 0 Å². The lowest BCUT2D eigenvalue weighted by molar-refractivity contribution is 0.0495. The molecule has 1 aromatic carbocycles. The van der Waals surface area contributed by atoms with E-state index < -0.39 is 6.10 Å². The fourth-order valence-corrected chi connectivity index (χ4v) is 1.99. The molecule has 0 amide bonds. The van der Waals surface area contributed by atoms with Crippen molar-refractivity contribution in [1.29, 1.82) is 0 Å². The Balaban J connectivity index is 1.77. The topological polar surface area (TPSA) is 64.7 Å². The van der Waals surface area contributed by atoms with Gasteiger partial charge in [-0.15, -0.1) is 0 Å². The van der Waals surface area contributed by atoms with E-state index in [1.165, 1.54) is 12.8 Å². The van der Waals surface area contributed by atoms with Gasteiger partial charge in [-0.05, 0) is 48.4 Å². The molecule has 4 heteroatoms. The van der Waals surface area contributed by atoms with E-state index in [1.54, 1.807) is 0 Å². The number of rotatable bonds is 7. The SMILES string of the molecule is CC(C)(C)C(N)C(O)COc1ccc(OCC2CC2)cc1. The van der Waals surface area contributed by atoms with Gasteiger partial charge < -0.3 is 20.3 Å². The summed E-state index contributed by atoms with van der Waals surface area (Å²) >= 11 is 0. The molecule has 0 radical (unpaired) electrons. The Morgan fingerprint density at radius 1 is 1.14 bits per heavy atom. The molecule has 2 unspecified atom stereocenters. The summed E-state index contributed by atoms with van der Waals surface area (Å²) in [6.45, 7) is 7.02. The van der Waals surface area contributed by atoms with E-state index in [1.807, 2.05) is 45.0 Å². The van der Waals surface area contributed by atoms with Crippen LogP contribution >= 0.6 is 0 Å². The van der Waals surface area contributed by atoms with Gasteiger partial charge in [0.25, 0.3) is 0 Å². The third kappa shape index (κ3) is 5.21. The van der Waals surface area contributed by atoms with Gasteiger partial charge >= 0.3 is 0 Å². The van der Waals surface area contributed by atoms with Crippen molar-refractivity contribution in [2.45, 2.75) is 45.8 Å². The van der Waals surface area contributed by atoms with E-state index in [4.69, 9.17) is 15.2 Å². The number of nitrogens with two attached hydrogens (primary N) is 1. The second kappa shape index (κ2) is 6.67. The van der Waals surface area contributed by atoms with Crippen molar-refractivity contribution >= 4 is 0 Å².